The summed E-state index contributed by atoms with van der Waals surface area (Å²) in [4.78, 5) is 11.0. The summed E-state index contributed by atoms with van der Waals surface area (Å²) < 4.78 is 0. The molecule has 1 nitrogen and oxygen atoms in total. The van der Waals surface area contributed by atoms with Crippen molar-refractivity contribution in [2.24, 2.45) is 17.8 Å². The number of aldehydes is 1. The van der Waals surface area contributed by atoms with Crippen molar-refractivity contribution in [1.29, 1.82) is 0 Å². The summed E-state index contributed by atoms with van der Waals surface area (Å²) in [6, 6.07) is 0. The molecule has 0 aliphatic heterocycles. The molecule has 0 bridgehead atoms. The Hall–Kier alpha value is -0.590. The monoisotopic (exact) mass is 210 g/mol. The Balaban J connectivity index is 4.27. The Labute approximate surface area is 95.0 Å². The van der Waals surface area contributed by atoms with Gasteiger partial charge in [-0.3, -0.25) is 4.79 Å². The molecule has 0 heterocycles. The van der Waals surface area contributed by atoms with Crippen LogP contribution in [0.2, 0.25) is 0 Å². The van der Waals surface area contributed by atoms with Crippen LogP contribution in [0.15, 0.2) is 11.6 Å². The maximum atomic E-state index is 11.0. The van der Waals surface area contributed by atoms with E-state index in [4.69, 9.17) is 0 Å². The highest BCUT2D eigenvalue weighted by atomic mass is 16.1. The Kier molecular flexibility index (Phi) is 7.37. The largest absolute Gasteiger partial charge is 0.298 e. The lowest BCUT2D eigenvalue weighted by Gasteiger charge is -2.16. The summed E-state index contributed by atoms with van der Waals surface area (Å²) in [7, 11) is 0. The van der Waals surface area contributed by atoms with Gasteiger partial charge in [-0.05, 0) is 29.7 Å². The van der Waals surface area contributed by atoms with Crippen molar-refractivity contribution in [3.63, 3.8) is 0 Å². The molecule has 2 unspecified atom stereocenters. The van der Waals surface area contributed by atoms with E-state index in [-0.39, 0.29) is 0 Å². The fourth-order valence-corrected chi connectivity index (χ4v) is 1.67. The van der Waals surface area contributed by atoms with Gasteiger partial charge in [0.25, 0.3) is 0 Å². The lowest BCUT2D eigenvalue weighted by atomic mass is 9.89. The Bertz CT molecular complexity index is 203. The summed E-state index contributed by atoms with van der Waals surface area (Å²) in [5, 5.41) is 0. The van der Waals surface area contributed by atoms with Gasteiger partial charge in [0.2, 0.25) is 0 Å². The van der Waals surface area contributed by atoms with E-state index < -0.39 is 0 Å². The zero-order chi connectivity index (χ0) is 11.8. The van der Waals surface area contributed by atoms with Crippen LogP contribution in [0, 0.1) is 17.8 Å². The van der Waals surface area contributed by atoms with Gasteiger partial charge in [0, 0.05) is 0 Å². The van der Waals surface area contributed by atoms with Crippen LogP contribution in [0.1, 0.15) is 53.9 Å². The van der Waals surface area contributed by atoms with E-state index in [1.54, 1.807) is 0 Å². The molecule has 0 aromatic carbocycles. The standard InChI is InChI=1S/C14H26O/c1-6-7-12(4)8-9-14(10-15)13(5)11(2)3/h9-13H,6-8H2,1-5H3/b14-9+. The number of hydrogen-bond donors (Lipinski definition) is 0. The minimum absolute atomic E-state index is 0.385. The average molecular weight is 210 g/mol. The molecular formula is C14H26O. The molecule has 0 aromatic heterocycles. The molecule has 88 valence electrons. The van der Waals surface area contributed by atoms with E-state index in [1.807, 2.05) is 0 Å². The second-order valence-corrected chi connectivity index (χ2v) is 4.98. The van der Waals surface area contributed by atoms with Crippen molar-refractivity contribution in [3.05, 3.63) is 11.6 Å². The van der Waals surface area contributed by atoms with E-state index >= 15 is 0 Å². The third kappa shape index (κ3) is 5.76. The zero-order valence-electron chi connectivity index (χ0n) is 10.9. The first-order chi connectivity index (χ1) is 7.02. The maximum absolute atomic E-state index is 11.0. The van der Waals surface area contributed by atoms with Gasteiger partial charge in [-0.2, -0.15) is 0 Å². The summed E-state index contributed by atoms with van der Waals surface area (Å²) in [6.07, 6.45) is 6.68. The molecule has 0 radical (unpaired) electrons. The number of allylic oxidation sites excluding steroid dienone is 2. The van der Waals surface area contributed by atoms with E-state index in [9.17, 15) is 4.79 Å². The SMILES string of the molecule is CCCC(C)C/C=C(\C=O)C(C)C(C)C. The molecule has 0 fully saturated rings. The molecule has 0 aliphatic rings. The Morgan fingerprint density at radius 2 is 1.80 bits per heavy atom. The highest BCUT2D eigenvalue weighted by molar-refractivity contribution is 5.73. The fraction of sp³-hybridized carbons (Fsp3) is 0.786. The van der Waals surface area contributed by atoms with Gasteiger partial charge in [0.1, 0.15) is 6.29 Å². The predicted octanol–water partition coefficient (Wildman–Crippen LogP) is 4.23. The molecule has 0 N–H and O–H groups in total. The smallest absolute Gasteiger partial charge is 0.145 e. The molecule has 0 aliphatic carbocycles. The van der Waals surface area contributed by atoms with Gasteiger partial charge in [-0.25, -0.2) is 0 Å². The lowest BCUT2D eigenvalue weighted by Crippen LogP contribution is -2.09. The van der Waals surface area contributed by atoms with Crippen molar-refractivity contribution in [2.75, 3.05) is 0 Å². The second kappa shape index (κ2) is 7.67. The molecule has 0 aromatic rings. The summed E-state index contributed by atoms with van der Waals surface area (Å²) in [5.41, 5.74) is 0.980. The van der Waals surface area contributed by atoms with Crippen molar-refractivity contribution < 1.29 is 4.79 Å². The zero-order valence-corrected chi connectivity index (χ0v) is 10.9. The summed E-state index contributed by atoms with van der Waals surface area (Å²) >= 11 is 0. The van der Waals surface area contributed by atoms with Crippen molar-refractivity contribution in [2.45, 2.75) is 53.9 Å². The third-order valence-corrected chi connectivity index (χ3v) is 3.20. The van der Waals surface area contributed by atoms with Crippen LogP contribution in [-0.4, -0.2) is 6.29 Å². The first-order valence-corrected chi connectivity index (χ1v) is 6.18. The first-order valence-electron chi connectivity index (χ1n) is 6.18. The average Bonchev–Trinajstić information content (AvgIpc) is 2.18. The quantitative estimate of drug-likeness (QED) is 0.454. The van der Waals surface area contributed by atoms with Crippen LogP contribution < -0.4 is 0 Å². The van der Waals surface area contributed by atoms with Crippen LogP contribution >= 0.6 is 0 Å². The fourth-order valence-electron chi connectivity index (χ4n) is 1.67. The van der Waals surface area contributed by atoms with Crippen molar-refractivity contribution in [3.8, 4) is 0 Å². The van der Waals surface area contributed by atoms with Crippen LogP contribution in [0.4, 0.5) is 0 Å². The Morgan fingerprint density at radius 1 is 1.20 bits per heavy atom. The Morgan fingerprint density at radius 3 is 2.20 bits per heavy atom. The van der Waals surface area contributed by atoms with Crippen LogP contribution in [0.25, 0.3) is 0 Å². The van der Waals surface area contributed by atoms with E-state index in [0.717, 1.165) is 18.3 Å². The van der Waals surface area contributed by atoms with Crippen molar-refractivity contribution >= 4 is 6.29 Å². The molecule has 2 atom stereocenters. The lowest BCUT2D eigenvalue weighted by molar-refractivity contribution is -0.105. The highest BCUT2D eigenvalue weighted by Crippen LogP contribution is 2.20. The normalized spacial score (nSPS) is 16.5. The molecule has 15 heavy (non-hydrogen) atoms. The van der Waals surface area contributed by atoms with Gasteiger partial charge in [-0.15, -0.1) is 0 Å². The minimum Gasteiger partial charge on any atom is -0.298 e. The molecular weight excluding hydrogens is 184 g/mol. The number of rotatable bonds is 7. The number of hydrogen-bond acceptors (Lipinski definition) is 1. The van der Waals surface area contributed by atoms with Gasteiger partial charge in [-0.1, -0.05) is 53.5 Å². The van der Waals surface area contributed by atoms with E-state index in [0.29, 0.717) is 17.8 Å². The van der Waals surface area contributed by atoms with Crippen LogP contribution in [-0.2, 0) is 4.79 Å². The summed E-state index contributed by atoms with van der Waals surface area (Å²) in [6.45, 7) is 10.9. The molecule has 1 heteroatoms. The minimum atomic E-state index is 0.385. The molecule has 0 saturated carbocycles. The summed E-state index contributed by atoms with van der Waals surface area (Å²) in [5.74, 6) is 1.63. The van der Waals surface area contributed by atoms with Gasteiger partial charge in [0.15, 0.2) is 0 Å². The third-order valence-electron chi connectivity index (χ3n) is 3.20. The second-order valence-electron chi connectivity index (χ2n) is 4.98. The van der Waals surface area contributed by atoms with E-state index in [1.165, 1.54) is 12.8 Å². The van der Waals surface area contributed by atoms with Gasteiger partial charge in [0.05, 0.1) is 0 Å². The van der Waals surface area contributed by atoms with Crippen LogP contribution in [0.5, 0.6) is 0 Å². The van der Waals surface area contributed by atoms with Crippen LogP contribution in [0.3, 0.4) is 0 Å². The predicted molar refractivity (Wildman–Crippen MR) is 66.8 cm³/mol. The topological polar surface area (TPSA) is 17.1 Å². The molecule has 0 rings (SSSR count). The number of carbonyl (C=O) groups is 1. The maximum Gasteiger partial charge on any atom is 0.145 e. The highest BCUT2D eigenvalue weighted by Gasteiger charge is 2.12. The number of carbonyl (C=O) groups excluding carboxylic acids is 1. The molecule has 0 spiro atoms. The molecule has 0 amide bonds. The van der Waals surface area contributed by atoms with Gasteiger partial charge < -0.3 is 0 Å². The van der Waals surface area contributed by atoms with E-state index in [2.05, 4.69) is 40.7 Å². The molecule has 0 saturated heterocycles. The first kappa shape index (κ1) is 14.4. The van der Waals surface area contributed by atoms with Crippen molar-refractivity contribution in [1.82, 2.24) is 0 Å². The van der Waals surface area contributed by atoms with Gasteiger partial charge >= 0.3 is 0 Å².